The molecule has 1 fully saturated rings. The molecule has 0 spiro atoms. The highest BCUT2D eigenvalue weighted by Gasteiger charge is 2.19. The van der Waals surface area contributed by atoms with Crippen LogP contribution in [0.15, 0.2) is 0 Å². The van der Waals surface area contributed by atoms with Crippen molar-refractivity contribution in [1.82, 2.24) is 4.31 Å². The maximum absolute atomic E-state index is 11.0. The minimum atomic E-state index is 0.318. The summed E-state index contributed by atoms with van der Waals surface area (Å²) in [5, 5.41) is 0. The van der Waals surface area contributed by atoms with Crippen LogP contribution < -0.4 is 0 Å². The first-order valence-corrected chi connectivity index (χ1v) is 4.72. The Kier molecular flexibility index (Phi) is 3.06. The lowest BCUT2D eigenvalue weighted by Gasteiger charge is -2.11. The molecule has 10 heavy (non-hydrogen) atoms. The predicted octanol–water partition coefficient (Wildman–Crippen LogP) is 1.67. The third-order valence-corrected chi connectivity index (χ3v) is 2.64. The molecule has 2 nitrogen and oxygen atoms in total. The van der Waals surface area contributed by atoms with E-state index in [1.54, 1.807) is 11.9 Å². The fourth-order valence-corrected chi connectivity index (χ4v) is 1.91. The summed E-state index contributed by atoms with van der Waals surface area (Å²) in [6, 6.07) is 0. The molecule has 3 heteroatoms. The molecule has 1 amide bonds. The second kappa shape index (κ2) is 3.86. The van der Waals surface area contributed by atoms with Gasteiger partial charge in [0.25, 0.3) is 0 Å². The molecule has 0 radical (unpaired) electrons. The minimum absolute atomic E-state index is 0.318. The standard InChI is InChI=1S/C7H13NOS/c1-2-3-5-8-7(9)4-6-10-8/h2-6H2,1H3. The lowest BCUT2D eigenvalue weighted by atomic mass is 10.3. The number of rotatable bonds is 3. The van der Waals surface area contributed by atoms with Crippen LogP contribution in [0, 0.1) is 0 Å². The van der Waals surface area contributed by atoms with E-state index in [4.69, 9.17) is 0 Å². The van der Waals surface area contributed by atoms with Crippen molar-refractivity contribution < 1.29 is 4.79 Å². The van der Waals surface area contributed by atoms with Gasteiger partial charge in [-0.2, -0.15) is 0 Å². The van der Waals surface area contributed by atoms with Gasteiger partial charge in [0.1, 0.15) is 0 Å². The van der Waals surface area contributed by atoms with Gasteiger partial charge in [0, 0.05) is 18.7 Å². The molecule has 1 saturated heterocycles. The molecule has 0 N–H and O–H groups in total. The number of nitrogens with zero attached hydrogens (tertiary/aromatic N) is 1. The molecular formula is C7H13NOS. The van der Waals surface area contributed by atoms with Crippen LogP contribution in [0.2, 0.25) is 0 Å². The van der Waals surface area contributed by atoms with E-state index in [1.807, 2.05) is 4.31 Å². The van der Waals surface area contributed by atoms with Crippen molar-refractivity contribution in [2.75, 3.05) is 12.3 Å². The summed E-state index contributed by atoms with van der Waals surface area (Å²) in [6.45, 7) is 3.09. The van der Waals surface area contributed by atoms with Crippen molar-refractivity contribution >= 4 is 17.9 Å². The Morgan fingerprint density at radius 3 is 3.00 bits per heavy atom. The van der Waals surface area contributed by atoms with Gasteiger partial charge in [-0.15, -0.1) is 0 Å². The van der Waals surface area contributed by atoms with Gasteiger partial charge < -0.3 is 0 Å². The first-order valence-electron chi connectivity index (χ1n) is 3.78. The molecule has 0 aromatic heterocycles. The lowest BCUT2D eigenvalue weighted by Crippen LogP contribution is -2.18. The molecule has 0 aromatic rings. The molecule has 0 aromatic carbocycles. The fraction of sp³-hybridized carbons (Fsp3) is 0.857. The summed E-state index contributed by atoms with van der Waals surface area (Å²) in [5.41, 5.74) is 0. The molecule has 0 aliphatic carbocycles. The van der Waals surface area contributed by atoms with E-state index < -0.39 is 0 Å². The topological polar surface area (TPSA) is 20.3 Å². The van der Waals surface area contributed by atoms with E-state index in [-0.39, 0.29) is 0 Å². The molecule has 0 unspecified atom stereocenters. The molecular weight excluding hydrogens is 146 g/mol. The van der Waals surface area contributed by atoms with Crippen LogP contribution in [0.5, 0.6) is 0 Å². The van der Waals surface area contributed by atoms with E-state index in [1.165, 1.54) is 6.42 Å². The molecule has 0 saturated carbocycles. The van der Waals surface area contributed by atoms with Gasteiger partial charge in [-0.3, -0.25) is 9.10 Å². The quantitative estimate of drug-likeness (QED) is 0.584. The van der Waals surface area contributed by atoms with Crippen molar-refractivity contribution in [2.45, 2.75) is 26.2 Å². The highest BCUT2D eigenvalue weighted by molar-refractivity contribution is 7.97. The Morgan fingerprint density at radius 2 is 2.50 bits per heavy atom. The molecule has 1 aliphatic heterocycles. The lowest BCUT2D eigenvalue weighted by molar-refractivity contribution is -0.124. The maximum Gasteiger partial charge on any atom is 0.233 e. The Labute approximate surface area is 66.1 Å². The average Bonchev–Trinajstić information content (AvgIpc) is 2.31. The SMILES string of the molecule is CCCCN1SCCC1=O. The molecule has 58 valence electrons. The summed E-state index contributed by atoms with van der Waals surface area (Å²) in [6.07, 6.45) is 3.05. The number of unbranched alkanes of at least 4 members (excludes halogenated alkanes) is 1. The monoisotopic (exact) mass is 159 g/mol. The summed E-state index contributed by atoms with van der Waals surface area (Å²) in [4.78, 5) is 11.0. The van der Waals surface area contributed by atoms with Crippen molar-refractivity contribution in [1.29, 1.82) is 0 Å². The molecule has 0 bridgehead atoms. The van der Waals surface area contributed by atoms with Gasteiger partial charge in [-0.25, -0.2) is 0 Å². The Bertz CT molecular complexity index is 127. The second-order valence-electron chi connectivity index (χ2n) is 2.43. The maximum atomic E-state index is 11.0. The minimum Gasteiger partial charge on any atom is -0.286 e. The Balaban J connectivity index is 2.20. The number of hydrogen-bond acceptors (Lipinski definition) is 2. The number of amides is 1. The second-order valence-corrected chi connectivity index (χ2v) is 3.54. The number of carbonyl (C=O) groups is 1. The normalized spacial score (nSPS) is 18.5. The van der Waals surface area contributed by atoms with Crippen LogP contribution in [0.4, 0.5) is 0 Å². The fourth-order valence-electron chi connectivity index (χ4n) is 0.931. The van der Waals surface area contributed by atoms with Crippen molar-refractivity contribution in [3.63, 3.8) is 0 Å². The highest BCUT2D eigenvalue weighted by Crippen LogP contribution is 2.21. The van der Waals surface area contributed by atoms with Crippen LogP contribution in [0.1, 0.15) is 26.2 Å². The van der Waals surface area contributed by atoms with Crippen molar-refractivity contribution in [3.05, 3.63) is 0 Å². The van der Waals surface area contributed by atoms with Gasteiger partial charge in [0.2, 0.25) is 5.91 Å². The van der Waals surface area contributed by atoms with Crippen LogP contribution in [-0.2, 0) is 4.79 Å². The van der Waals surface area contributed by atoms with Gasteiger partial charge in [0.15, 0.2) is 0 Å². The van der Waals surface area contributed by atoms with Gasteiger partial charge >= 0.3 is 0 Å². The Morgan fingerprint density at radius 1 is 1.70 bits per heavy atom. The smallest absolute Gasteiger partial charge is 0.233 e. The van der Waals surface area contributed by atoms with E-state index in [2.05, 4.69) is 6.92 Å². The van der Waals surface area contributed by atoms with Gasteiger partial charge in [-0.1, -0.05) is 13.3 Å². The number of hydrogen-bond donors (Lipinski definition) is 0. The number of carbonyl (C=O) groups excluding carboxylic acids is 1. The van der Waals surface area contributed by atoms with Crippen molar-refractivity contribution in [2.24, 2.45) is 0 Å². The zero-order chi connectivity index (χ0) is 7.40. The average molecular weight is 159 g/mol. The van der Waals surface area contributed by atoms with Crippen LogP contribution in [-0.4, -0.2) is 22.5 Å². The zero-order valence-electron chi connectivity index (χ0n) is 6.30. The first-order chi connectivity index (χ1) is 4.84. The molecule has 1 rings (SSSR count). The summed E-state index contributed by atoms with van der Waals surface area (Å²) in [7, 11) is 0. The predicted molar refractivity (Wildman–Crippen MR) is 43.7 cm³/mol. The summed E-state index contributed by atoms with van der Waals surface area (Å²) in [5.74, 6) is 1.31. The molecule has 1 aliphatic rings. The van der Waals surface area contributed by atoms with E-state index in [0.29, 0.717) is 5.91 Å². The van der Waals surface area contributed by atoms with Crippen LogP contribution in [0.25, 0.3) is 0 Å². The molecule has 1 heterocycles. The highest BCUT2D eigenvalue weighted by atomic mass is 32.2. The third-order valence-electron chi connectivity index (χ3n) is 1.56. The first kappa shape index (κ1) is 7.92. The van der Waals surface area contributed by atoms with Crippen LogP contribution >= 0.6 is 11.9 Å². The van der Waals surface area contributed by atoms with E-state index in [0.717, 1.165) is 25.1 Å². The van der Waals surface area contributed by atoms with Gasteiger partial charge in [-0.05, 0) is 18.4 Å². The largest absolute Gasteiger partial charge is 0.286 e. The van der Waals surface area contributed by atoms with E-state index >= 15 is 0 Å². The summed E-state index contributed by atoms with van der Waals surface area (Å²) >= 11 is 1.67. The van der Waals surface area contributed by atoms with Crippen LogP contribution in [0.3, 0.4) is 0 Å². The van der Waals surface area contributed by atoms with E-state index in [9.17, 15) is 4.79 Å². The van der Waals surface area contributed by atoms with Crippen molar-refractivity contribution in [3.8, 4) is 0 Å². The summed E-state index contributed by atoms with van der Waals surface area (Å²) < 4.78 is 1.89. The van der Waals surface area contributed by atoms with Gasteiger partial charge in [0.05, 0.1) is 0 Å². The zero-order valence-corrected chi connectivity index (χ0v) is 7.12. The molecule has 0 atom stereocenters. The third kappa shape index (κ3) is 1.90. The Hall–Kier alpha value is -0.180.